The van der Waals surface area contributed by atoms with Crippen molar-refractivity contribution >= 4 is 16.9 Å². The number of piperidine rings is 1. The number of aromatic nitrogens is 2. The number of carbonyl (C=O) groups excluding carboxylic acids is 1. The number of nitrogens with zero attached hydrogens (tertiary/aromatic N) is 2. The lowest BCUT2D eigenvalue weighted by Gasteiger charge is -2.22. The fourth-order valence-electron chi connectivity index (χ4n) is 3.08. The zero-order valence-electron chi connectivity index (χ0n) is 11.7. The molecule has 1 aliphatic heterocycles. The number of nitrogens with two attached hydrogens (primary N) is 1. The Hall–Kier alpha value is -1.88. The smallest absolute Gasteiger partial charge is 0.250 e. The van der Waals surface area contributed by atoms with Gasteiger partial charge in [0, 0.05) is 19.0 Å². The molecule has 3 N–H and O–H groups in total. The summed E-state index contributed by atoms with van der Waals surface area (Å²) in [5, 5.41) is 3.42. The van der Waals surface area contributed by atoms with Gasteiger partial charge in [-0.05, 0) is 38.4 Å². The van der Waals surface area contributed by atoms with E-state index in [-0.39, 0.29) is 0 Å². The molecule has 5 heteroatoms. The van der Waals surface area contributed by atoms with E-state index in [9.17, 15) is 4.79 Å². The number of para-hydroxylation sites is 1. The van der Waals surface area contributed by atoms with Crippen molar-refractivity contribution in [2.45, 2.75) is 32.2 Å². The number of carbonyl (C=O) groups is 1. The molecule has 1 amide bonds. The summed E-state index contributed by atoms with van der Waals surface area (Å²) in [5.41, 5.74) is 7.71. The highest BCUT2D eigenvalue weighted by molar-refractivity contribution is 6.04. The van der Waals surface area contributed by atoms with Crippen LogP contribution in [-0.2, 0) is 6.54 Å². The second kappa shape index (κ2) is 5.25. The van der Waals surface area contributed by atoms with Crippen molar-refractivity contribution in [3.8, 4) is 0 Å². The van der Waals surface area contributed by atoms with Crippen molar-refractivity contribution < 1.29 is 4.79 Å². The summed E-state index contributed by atoms with van der Waals surface area (Å²) in [6.45, 7) is 4.99. The maximum atomic E-state index is 11.6. The van der Waals surface area contributed by atoms with Crippen LogP contribution in [0.1, 0.15) is 41.9 Å². The van der Waals surface area contributed by atoms with Gasteiger partial charge in [-0.25, -0.2) is 4.98 Å². The molecule has 106 valence electrons. The van der Waals surface area contributed by atoms with Gasteiger partial charge >= 0.3 is 0 Å². The minimum Gasteiger partial charge on any atom is -0.366 e. The molecule has 5 nitrogen and oxygen atoms in total. The Bertz CT molecular complexity index is 641. The molecule has 1 fully saturated rings. The minimum absolute atomic E-state index is 0.412. The molecule has 1 aromatic carbocycles. The third-order valence-corrected chi connectivity index (χ3v) is 4.05. The summed E-state index contributed by atoms with van der Waals surface area (Å²) in [4.78, 5) is 16.3. The Morgan fingerprint density at radius 3 is 3.05 bits per heavy atom. The number of benzene rings is 1. The summed E-state index contributed by atoms with van der Waals surface area (Å²) in [6, 6.07) is 5.64. The van der Waals surface area contributed by atoms with Crippen molar-refractivity contribution in [1.82, 2.24) is 14.9 Å². The van der Waals surface area contributed by atoms with E-state index in [1.54, 1.807) is 6.07 Å². The molecular formula is C15H20N4O. The molecule has 20 heavy (non-hydrogen) atoms. The molecule has 2 aromatic rings. The fraction of sp³-hybridized carbons (Fsp3) is 0.467. The molecule has 0 saturated carbocycles. The van der Waals surface area contributed by atoms with Gasteiger partial charge < -0.3 is 15.6 Å². The second-order valence-electron chi connectivity index (χ2n) is 5.30. The van der Waals surface area contributed by atoms with E-state index in [2.05, 4.69) is 16.8 Å². The Kier molecular flexibility index (Phi) is 3.44. The molecule has 0 bridgehead atoms. The van der Waals surface area contributed by atoms with Crippen LogP contribution < -0.4 is 11.1 Å². The molecule has 1 aromatic heterocycles. The first-order valence-corrected chi connectivity index (χ1v) is 7.22. The monoisotopic (exact) mass is 272 g/mol. The molecule has 1 atom stereocenters. The number of nitrogens with one attached hydrogen (secondary N) is 1. The quantitative estimate of drug-likeness (QED) is 0.891. The number of amides is 1. The van der Waals surface area contributed by atoms with E-state index in [1.807, 2.05) is 12.1 Å². The van der Waals surface area contributed by atoms with E-state index in [4.69, 9.17) is 10.7 Å². The normalized spacial score (nSPS) is 19.4. The minimum atomic E-state index is -0.412. The van der Waals surface area contributed by atoms with Gasteiger partial charge in [-0.3, -0.25) is 4.79 Å². The third-order valence-electron chi connectivity index (χ3n) is 4.05. The Morgan fingerprint density at radius 2 is 2.40 bits per heavy atom. The van der Waals surface area contributed by atoms with Crippen molar-refractivity contribution in [3.63, 3.8) is 0 Å². The number of hydrogen-bond acceptors (Lipinski definition) is 3. The zero-order chi connectivity index (χ0) is 14.1. The maximum absolute atomic E-state index is 11.6. The molecule has 3 rings (SSSR count). The van der Waals surface area contributed by atoms with Gasteiger partial charge in [-0.2, -0.15) is 0 Å². The zero-order valence-corrected chi connectivity index (χ0v) is 11.7. The maximum Gasteiger partial charge on any atom is 0.250 e. The number of hydrogen-bond donors (Lipinski definition) is 2. The molecule has 0 radical (unpaired) electrons. The SMILES string of the molecule is CCn1c(C2CCCNC2)nc2c(C(N)=O)cccc21. The van der Waals surface area contributed by atoms with E-state index in [0.29, 0.717) is 11.5 Å². The largest absolute Gasteiger partial charge is 0.366 e. The predicted molar refractivity (Wildman–Crippen MR) is 78.8 cm³/mol. The highest BCUT2D eigenvalue weighted by atomic mass is 16.1. The molecule has 0 aliphatic carbocycles. The standard InChI is InChI=1S/C15H20N4O/c1-2-19-12-7-3-6-11(14(16)20)13(12)18-15(19)10-5-4-8-17-9-10/h3,6-7,10,17H,2,4-5,8-9H2,1H3,(H2,16,20). The first-order chi connectivity index (χ1) is 9.72. The lowest BCUT2D eigenvalue weighted by molar-refractivity contribution is 0.100. The molecule has 1 unspecified atom stereocenters. The van der Waals surface area contributed by atoms with E-state index in [1.165, 1.54) is 6.42 Å². The van der Waals surface area contributed by atoms with E-state index in [0.717, 1.165) is 42.9 Å². The van der Waals surface area contributed by atoms with Crippen molar-refractivity contribution in [2.24, 2.45) is 5.73 Å². The Balaban J connectivity index is 2.16. The van der Waals surface area contributed by atoms with Crippen LogP contribution >= 0.6 is 0 Å². The topological polar surface area (TPSA) is 72.9 Å². The van der Waals surface area contributed by atoms with Gasteiger partial charge in [0.05, 0.1) is 11.1 Å². The van der Waals surface area contributed by atoms with Crippen LogP contribution in [0.15, 0.2) is 18.2 Å². The summed E-state index contributed by atoms with van der Waals surface area (Å²) in [6.07, 6.45) is 2.31. The van der Waals surface area contributed by atoms with Crippen LogP contribution in [0.4, 0.5) is 0 Å². The molecule has 1 saturated heterocycles. The summed E-state index contributed by atoms with van der Waals surface area (Å²) >= 11 is 0. The van der Waals surface area contributed by atoms with Crippen molar-refractivity contribution in [1.29, 1.82) is 0 Å². The number of primary amides is 1. The first kappa shape index (κ1) is 13.1. The first-order valence-electron chi connectivity index (χ1n) is 7.22. The Morgan fingerprint density at radius 1 is 1.55 bits per heavy atom. The fourth-order valence-corrected chi connectivity index (χ4v) is 3.08. The number of aryl methyl sites for hydroxylation is 1. The third kappa shape index (κ3) is 2.08. The number of imidazole rings is 1. The van der Waals surface area contributed by atoms with Crippen molar-refractivity contribution in [3.05, 3.63) is 29.6 Å². The highest BCUT2D eigenvalue weighted by Crippen LogP contribution is 2.28. The van der Waals surface area contributed by atoms with Gasteiger partial charge in [-0.1, -0.05) is 6.07 Å². The molecular weight excluding hydrogens is 252 g/mol. The van der Waals surface area contributed by atoms with Crippen LogP contribution in [0.25, 0.3) is 11.0 Å². The average molecular weight is 272 g/mol. The van der Waals surface area contributed by atoms with Crippen LogP contribution in [0.2, 0.25) is 0 Å². The highest BCUT2D eigenvalue weighted by Gasteiger charge is 2.23. The van der Waals surface area contributed by atoms with Crippen LogP contribution in [0, 0.1) is 0 Å². The average Bonchev–Trinajstić information content (AvgIpc) is 2.86. The van der Waals surface area contributed by atoms with Gasteiger partial charge in [0.2, 0.25) is 0 Å². The summed E-state index contributed by atoms with van der Waals surface area (Å²) in [7, 11) is 0. The Labute approximate surface area is 118 Å². The molecule has 0 spiro atoms. The lowest BCUT2D eigenvalue weighted by atomic mass is 9.99. The van der Waals surface area contributed by atoms with Gasteiger partial charge in [0.25, 0.3) is 5.91 Å². The second-order valence-corrected chi connectivity index (χ2v) is 5.30. The van der Waals surface area contributed by atoms with Gasteiger partial charge in [0.1, 0.15) is 11.3 Å². The molecule has 1 aliphatic rings. The summed E-state index contributed by atoms with van der Waals surface area (Å²) in [5.74, 6) is 1.07. The number of rotatable bonds is 3. The van der Waals surface area contributed by atoms with Crippen molar-refractivity contribution in [2.75, 3.05) is 13.1 Å². The van der Waals surface area contributed by atoms with Gasteiger partial charge in [-0.15, -0.1) is 0 Å². The predicted octanol–water partition coefficient (Wildman–Crippen LogP) is 1.62. The van der Waals surface area contributed by atoms with Crippen LogP contribution in [0.3, 0.4) is 0 Å². The van der Waals surface area contributed by atoms with Gasteiger partial charge in [0.15, 0.2) is 0 Å². The number of fused-ring (bicyclic) bond motifs is 1. The van der Waals surface area contributed by atoms with Crippen LogP contribution in [0.5, 0.6) is 0 Å². The lowest BCUT2D eigenvalue weighted by Crippen LogP contribution is -2.30. The summed E-state index contributed by atoms with van der Waals surface area (Å²) < 4.78 is 2.21. The van der Waals surface area contributed by atoms with Crippen LogP contribution in [-0.4, -0.2) is 28.5 Å². The van der Waals surface area contributed by atoms with E-state index >= 15 is 0 Å². The molecule has 2 heterocycles. The van der Waals surface area contributed by atoms with E-state index < -0.39 is 5.91 Å².